The van der Waals surface area contributed by atoms with Crippen LogP contribution in [0.15, 0.2) is 23.2 Å². The molecule has 1 aliphatic rings. The van der Waals surface area contributed by atoms with Gasteiger partial charge in [0.05, 0.1) is 18.1 Å². The molecule has 1 fully saturated rings. The minimum absolute atomic E-state index is 0. The molecule has 1 heterocycles. The zero-order chi connectivity index (χ0) is 22.0. The molecule has 0 bridgehead atoms. The van der Waals surface area contributed by atoms with Crippen LogP contribution in [0.2, 0.25) is 0 Å². The topological polar surface area (TPSA) is 84.0 Å². The third kappa shape index (κ3) is 9.22. The fraction of sp³-hybridized carbons (Fsp3) is 0.652. The highest BCUT2D eigenvalue weighted by molar-refractivity contribution is 14.0. The molecule has 3 N–H and O–H groups in total. The zero-order valence-electron chi connectivity index (χ0n) is 19.5. The van der Waals surface area contributed by atoms with Gasteiger partial charge in [0.1, 0.15) is 12.4 Å². The summed E-state index contributed by atoms with van der Waals surface area (Å²) in [5, 5.41) is 9.43. The number of ether oxygens (including phenoxy) is 2. The molecule has 1 unspecified atom stereocenters. The standard InChI is InChI=1S/C23H38N4O3.HI/c1-6-24-21(28)23(4,5)16-27-22(25-7-2)26-14-18-11-10-17(3)13-20(18)30-15-19-9-8-12-29-19;/h10-11,13,19H,6-9,12,14-16H2,1-5H3,(H,24,28)(H2,25,26,27);1H. The lowest BCUT2D eigenvalue weighted by atomic mass is 9.92. The summed E-state index contributed by atoms with van der Waals surface area (Å²) in [7, 11) is 0. The molecule has 1 aromatic rings. The van der Waals surface area contributed by atoms with Gasteiger partial charge in [0, 0.05) is 31.8 Å². The molecule has 1 atom stereocenters. The number of nitrogens with one attached hydrogen (secondary N) is 3. The summed E-state index contributed by atoms with van der Waals surface area (Å²) < 4.78 is 11.7. The van der Waals surface area contributed by atoms with Crippen molar-refractivity contribution < 1.29 is 14.3 Å². The number of hydrogen-bond donors (Lipinski definition) is 3. The molecule has 1 saturated heterocycles. The fourth-order valence-corrected chi connectivity index (χ4v) is 3.18. The van der Waals surface area contributed by atoms with E-state index in [-0.39, 0.29) is 36.0 Å². The Morgan fingerprint density at radius 1 is 1.23 bits per heavy atom. The van der Waals surface area contributed by atoms with E-state index in [1.165, 1.54) is 0 Å². The Labute approximate surface area is 204 Å². The van der Waals surface area contributed by atoms with E-state index < -0.39 is 5.41 Å². The summed E-state index contributed by atoms with van der Waals surface area (Å²) in [5.41, 5.74) is 1.64. The molecule has 8 heteroatoms. The molecule has 1 aromatic carbocycles. The molecule has 7 nitrogen and oxygen atoms in total. The Balaban J connectivity index is 0.00000480. The highest BCUT2D eigenvalue weighted by Crippen LogP contribution is 2.23. The highest BCUT2D eigenvalue weighted by Gasteiger charge is 2.27. The molecule has 0 aromatic heterocycles. The number of guanidine groups is 1. The number of benzene rings is 1. The maximum Gasteiger partial charge on any atom is 0.227 e. The first-order valence-electron chi connectivity index (χ1n) is 11.0. The minimum Gasteiger partial charge on any atom is -0.491 e. The van der Waals surface area contributed by atoms with Crippen LogP contribution in [-0.4, -0.2) is 50.8 Å². The molecular formula is C23H39IN4O3. The van der Waals surface area contributed by atoms with Crippen LogP contribution in [0.5, 0.6) is 5.75 Å². The molecule has 1 aliphatic heterocycles. The Bertz CT molecular complexity index is 719. The quantitative estimate of drug-likeness (QED) is 0.238. The van der Waals surface area contributed by atoms with E-state index in [1.807, 2.05) is 27.7 Å². The van der Waals surface area contributed by atoms with Crippen LogP contribution in [0.1, 0.15) is 51.7 Å². The average molecular weight is 546 g/mol. The van der Waals surface area contributed by atoms with Crippen LogP contribution in [0.4, 0.5) is 0 Å². The number of aliphatic imine (C=N–C) groups is 1. The SMILES string of the molecule is CCNC(=O)C(C)(C)CNC(=NCc1ccc(C)cc1OCC1CCCO1)NCC.I. The van der Waals surface area contributed by atoms with Crippen molar-refractivity contribution in [1.82, 2.24) is 16.0 Å². The summed E-state index contributed by atoms with van der Waals surface area (Å²) in [6, 6.07) is 6.19. The van der Waals surface area contributed by atoms with Gasteiger partial charge in [0.15, 0.2) is 5.96 Å². The van der Waals surface area contributed by atoms with E-state index in [9.17, 15) is 4.79 Å². The number of rotatable bonds is 10. The minimum atomic E-state index is -0.536. The van der Waals surface area contributed by atoms with Gasteiger partial charge in [-0.05, 0) is 59.1 Å². The van der Waals surface area contributed by atoms with Gasteiger partial charge in [-0.15, -0.1) is 24.0 Å². The second-order valence-corrected chi connectivity index (χ2v) is 8.35. The van der Waals surface area contributed by atoms with Crippen molar-refractivity contribution in [2.45, 2.75) is 60.1 Å². The van der Waals surface area contributed by atoms with Crippen LogP contribution in [-0.2, 0) is 16.1 Å². The summed E-state index contributed by atoms with van der Waals surface area (Å²) in [6.07, 6.45) is 2.33. The Hall–Kier alpha value is -1.55. The molecular weight excluding hydrogens is 507 g/mol. The normalized spacial score (nSPS) is 16.4. The number of carbonyl (C=O) groups excluding carboxylic acids is 1. The lowest BCUT2D eigenvalue weighted by Gasteiger charge is -2.25. The van der Waals surface area contributed by atoms with Crippen LogP contribution < -0.4 is 20.7 Å². The smallest absolute Gasteiger partial charge is 0.227 e. The number of hydrogen-bond acceptors (Lipinski definition) is 4. The summed E-state index contributed by atoms with van der Waals surface area (Å²) in [4.78, 5) is 16.9. The predicted octanol–water partition coefficient (Wildman–Crippen LogP) is 3.39. The van der Waals surface area contributed by atoms with Crippen molar-refractivity contribution in [2.24, 2.45) is 10.4 Å². The van der Waals surface area contributed by atoms with Gasteiger partial charge in [-0.3, -0.25) is 4.79 Å². The second-order valence-electron chi connectivity index (χ2n) is 8.35. The lowest BCUT2D eigenvalue weighted by Crippen LogP contribution is -2.47. The summed E-state index contributed by atoms with van der Waals surface area (Å²) in [5.74, 6) is 1.56. The molecule has 2 rings (SSSR count). The third-order valence-electron chi connectivity index (χ3n) is 5.07. The second kappa shape index (κ2) is 13.8. The molecule has 0 spiro atoms. The van der Waals surface area contributed by atoms with Gasteiger partial charge in [-0.2, -0.15) is 0 Å². The average Bonchev–Trinajstić information content (AvgIpc) is 3.23. The number of halogens is 1. The molecule has 31 heavy (non-hydrogen) atoms. The maximum atomic E-state index is 12.2. The van der Waals surface area contributed by atoms with Crippen molar-refractivity contribution in [2.75, 3.05) is 32.8 Å². The van der Waals surface area contributed by atoms with Gasteiger partial charge in [0.25, 0.3) is 0 Å². The number of nitrogens with zero attached hydrogens (tertiary/aromatic N) is 1. The first-order chi connectivity index (χ1) is 14.4. The highest BCUT2D eigenvalue weighted by atomic mass is 127. The van der Waals surface area contributed by atoms with Crippen molar-refractivity contribution in [3.63, 3.8) is 0 Å². The Kier molecular flexibility index (Phi) is 12.2. The van der Waals surface area contributed by atoms with Crippen molar-refractivity contribution in [3.05, 3.63) is 29.3 Å². The van der Waals surface area contributed by atoms with E-state index in [1.54, 1.807) is 0 Å². The van der Waals surface area contributed by atoms with Crippen LogP contribution in [0.25, 0.3) is 0 Å². The van der Waals surface area contributed by atoms with Crippen molar-refractivity contribution in [1.29, 1.82) is 0 Å². The first-order valence-corrected chi connectivity index (χ1v) is 11.0. The van der Waals surface area contributed by atoms with E-state index in [0.29, 0.717) is 32.2 Å². The molecule has 0 radical (unpaired) electrons. The fourth-order valence-electron chi connectivity index (χ4n) is 3.18. The Morgan fingerprint density at radius 2 is 1.97 bits per heavy atom. The van der Waals surface area contributed by atoms with E-state index in [4.69, 9.17) is 14.5 Å². The number of carbonyl (C=O) groups is 1. The largest absolute Gasteiger partial charge is 0.491 e. The van der Waals surface area contributed by atoms with Crippen molar-refractivity contribution >= 4 is 35.8 Å². The van der Waals surface area contributed by atoms with Gasteiger partial charge in [-0.1, -0.05) is 12.1 Å². The summed E-state index contributed by atoms with van der Waals surface area (Å²) in [6.45, 7) is 13.6. The maximum absolute atomic E-state index is 12.2. The Morgan fingerprint density at radius 3 is 2.61 bits per heavy atom. The number of amides is 1. The molecule has 176 valence electrons. The lowest BCUT2D eigenvalue weighted by molar-refractivity contribution is -0.128. The van der Waals surface area contributed by atoms with Gasteiger partial charge < -0.3 is 25.4 Å². The first kappa shape index (κ1) is 27.5. The van der Waals surface area contributed by atoms with E-state index >= 15 is 0 Å². The van der Waals surface area contributed by atoms with Crippen LogP contribution in [0.3, 0.4) is 0 Å². The van der Waals surface area contributed by atoms with Gasteiger partial charge in [0.2, 0.25) is 5.91 Å². The molecule has 0 saturated carbocycles. The van der Waals surface area contributed by atoms with Gasteiger partial charge in [-0.25, -0.2) is 4.99 Å². The zero-order valence-corrected chi connectivity index (χ0v) is 21.9. The van der Waals surface area contributed by atoms with Gasteiger partial charge >= 0.3 is 0 Å². The molecule has 0 aliphatic carbocycles. The molecule has 1 amide bonds. The van der Waals surface area contributed by atoms with E-state index in [0.717, 1.165) is 42.9 Å². The number of aryl methyl sites for hydroxylation is 1. The monoisotopic (exact) mass is 546 g/mol. The van der Waals surface area contributed by atoms with Crippen molar-refractivity contribution in [3.8, 4) is 5.75 Å². The predicted molar refractivity (Wildman–Crippen MR) is 136 cm³/mol. The van der Waals surface area contributed by atoms with Crippen LogP contribution in [0, 0.1) is 12.3 Å². The third-order valence-corrected chi connectivity index (χ3v) is 5.07. The summed E-state index contributed by atoms with van der Waals surface area (Å²) >= 11 is 0. The van der Waals surface area contributed by atoms with E-state index in [2.05, 4.69) is 41.1 Å². The van der Waals surface area contributed by atoms with Crippen LogP contribution >= 0.6 is 24.0 Å².